The maximum Gasteiger partial charge on any atom is 0.341 e. The Morgan fingerprint density at radius 3 is 2.60 bits per heavy atom. The Kier molecular flexibility index (Phi) is 4.74. The lowest BCUT2D eigenvalue weighted by Crippen LogP contribution is -2.11. The van der Waals surface area contributed by atoms with Crippen molar-refractivity contribution in [2.45, 2.75) is 13.0 Å². The highest BCUT2D eigenvalue weighted by molar-refractivity contribution is 5.90. The number of carbonyl (C=O) groups excluding carboxylic acids is 1. The third-order valence-corrected chi connectivity index (χ3v) is 3.49. The standard InChI is InChI=1S/C18H15FN2O4/c1-11(16-20-21-17(25-16)12-6-4-3-5-7-12)24-18(22)14-9-8-13(23-2)10-15(14)19/h3-11H,1-2H3/t11-/m1/s1. The molecule has 7 heteroatoms. The molecule has 0 fully saturated rings. The van der Waals surface area contributed by atoms with Crippen molar-refractivity contribution in [1.82, 2.24) is 10.2 Å². The highest BCUT2D eigenvalue weighted by Gasteiger charge is 2.22. The van der Waals surface area contributed by atoms with Gasteiger partial charge in [-0.3, -0.25) is 0 Å². The molecule has 0 aliphatic rings. The number of hydrogen-bond acceptors (Lipinski definition) is 6. The molecule has 128 valence electrons. The molecular weight excluding hydrogens is 327 g/mol. The van der Waals surface area contributed by atoms with Gasteiger partial charge in [-0.25, -0.2) is 9.18 Å². The molecule has 0 saturated carbocycles. The summed E-state index contributed by atoms with van der Waals surface area (Å²) < 4.78 is 29.6. The molecule has 0 aliphatic carbocycles. The van der Waals surface area contributed by atoms with E-state index in [9.17, 15) is 9.18 Å². The van der Waals surface area contributed by atoms with Crippen LogP contribution in [0.5, 0.6) is 5.75 Å². The Morgan fingerprint density at radius 1 is 1.16 bits per heavy atom. The Labute approximate surface area is 143 Å². The van der Waals surface area contributed by atoms with Gasteiger partial charge in [0.1, 0.15) is 11.6 Å². The number of hydrogen-bond donors (Lipinski definition) is 0. The fourth-order valence-corrected chi connectivity index (χ4v) is 2.16. The van der Waals surface area contributed by atoms with Crippen LogP contribution < -0.4 is 4.74 Å². The molecule has 0 unspecified atom stereocenters. The van der Waals surface area contributed by atoms with E-state index in [-0.39, 0.29) is 11.5 Å². The largest absolute Gasteiger partial charge is 0.497 e. The summed E-state index contributed by atoms with van der Waals surface area (Å²) in [7, 11) is 1.41. The second-order valence-electron chi connectivity index (χ2n) is 5.20. The maximum absolute atomic E-state index is 13.9. The lowest BCUT2D eigenvalue weighted by Gasteiger charge is -2.10. The first-order valence-corrected chi connectivity index (χ1v) is 7.52. The van der Waals surface area contributed by atoms with Crippen molar-refractivity contribution in [3.8, 4) is 17.2 Å². The summed E-state index contributed by atoms with van der Waals surface area (Å²) in [5, 5.41) is 7.81. The van der Waals surface area contributed by atoms with E-state index < -0.39 is 17.9 Å². The average molecular weight is 342 g/mol. The normalized spacial score (nSPS) is 11.8. The molecule has 0 amide bonds. The van der Waals surface area contributed by atoms with Crippen LogP contribution in [0.15, 0.2) is 52.9 Å². The molecular formula is C18H15FN2O4. The van der Waals surface area contributed by atoms with Gasteiger partial charge in [0.05, 0.1) is 12.7 Å². The lowest BCUT2D eigenvalue weighted by molar-refractivity contribution is 0.0274. The first kappa shape index (κ1) is 16.6. The van der Waals surface area contributed by atoms with E-state index in [2.05, 4.69) is 10.2 Å². The van der Waals surface area contributed by atoms with Crippen LogP contribution in [0.3, 0.4) is 0 Å². The van der Waals surface area contributed by atoms with Crippen LogP contribution in [0.25, 0.3) is 11.5 Å². The van der Waals surface area contributed by atoms with Gasteiger partial charge in [0.2, 0.25) is 5.89 Å². The zero-order valence-corrected chi connectivity index (χ0v) is 13.6. The van der Waals surface area contributed by atoms with Gasteiger partial charge in [0.25, 0.3) is 5.89 Å². The van der Waals surface area contributed by atoms with E-state index >= 15 is 0 Å². The topological polar surface area (TPSA) is 74.5 Å². The van der Waals surface area contributed by atoms with Crippen molar-refractivity contribution in [3.63, 3.8) is 0 Å². The molecule has 0 radical (unpaired) electrons. The predicted octanol–water partition coefficient (Wildman–Crippen LogP) is 3.80. The minimum Gasteiger partial charge on any atom is -0.497 e. The second-order valence-corrected chi connectivity index (χ2v) is 5.20. The first-order chi connectivity index (χ1) is 12.1. The third kappa shape index (κ3) is 3.65. The van der Waals surface area contributed by atoms with Gasteiger partial charge in [0.15, 0.2) is 6.10 Å². The number of benzene rings is 2. The molecule has 6 nitrogen and oxygen atoms in total. The molecule has 1 atom stereocenters. The molecule has 0 saturated heterocycles. The Bertz CT molecular complexity index is 880. The van der Waals surface area contributed by atoms with Gasteiger partial charge >= 0.3 is 5.97 Å². The summed E-state index contributed by atoms with van der Waals surface area (Å²) in [6.07, 6.45) is -0.820. The second kappa shape index (κ2) is 7.12. The van der Waals surface area contributed by atoms with E-state index in [4.69, 9.17) is 13.9 Å². The molecule has 0 bridgehead atoms. The summed E-state index contributed by atoms with van der Waals surface area (Å²) >= 11 is 0. The summed E-state index contributed by atoms with van der Waals surface area (Å²) in [6.45, 7) is 1.57. The first-order valence-electron chi connectivity index (χ1n) is 7.52. The van der Waals surface area contributed by atoms with Crippen LogP contribution in [-0.4, -0.2) is 23.3 Å². The molecule has 0 aliphatic heterocycles. The number of esters is 1. The predicted molar refractivity (Wildman–Crippen MR) is 86.5 cm³/mol. The highest BCUT2D eigenvalue weighted by Crippen LogP contribution is 2.24. The van der Waals surface area contributed by atoms with Crippen LogP contribution in [0.2, 0.25) is 0 Å². The van der Waals surface area contributed by atoms with Crippen LogP contribution >= 0.6 is 0 Å². The number of aromatic nitrogens is 2. The molecule has 1 heterocycles. The van der Waals surface area contributed by atoms with E-state index in [1.54, 1.807) is 6.92 Å². The Balaban J connectivity index is 1.73. The zero-order chi connectivity index (χ0) is 17.8. The van der Waals surface area contributed by atoms with E-state index in [0.29, 0.717) is 11.6 Å². The van der Waals surface area contributed by atoms with Gasteiger partial charge in [-0.1, -0.05) is 18.2 Å². The van der Waals surface area contributed by atoms with Crippen LogP contribution in [-0.2, 0) is 4.74 Å². The van der Waals surface area contributed by atoms with Gasteiger partial charge in [0, 0.05) is 11.6 Å². The SMILES string of the molecule is COc1ccc(C(=O)O[C@H](C)c2nnc(-c3ccccc3)o2)c(F)c1. The summed E-state index contributed by atoms with van der Waals surface area (Å²) in [5.74, 6) is -0.805. The highest BCUT2D eigenvalue weighted by atomic mass is 19.1. The third-order valence-electron chi connectivity index (χ3n) is 3.49. The minimum atomic E-state index is -0.827. The van der Waals surface area contributed by atoms with Gasteiger partial charge in [-0.15, -0.1) is 10.2 Å². The van der Waals surface area contributed by atoms with Crippen molar-refractivity contribution in [1.29, 1.82) is 0 Å². The number of ether oxygens (including phenoxy) is 2. The van der Waals surface area contributed by atoms with E-state index in [1.807, 2.05) is 30.3 Å². The molecule has 3 rings (SSSR count). The quantitative estimate of drug-likeness (QED) is 0.657. The van der Waals surface area contributed by atoms with E-state index in [1.165, 1.54) is 19.2 Å². The zero-order valence-electron chi connectivity index (χ0n) is 13.6. The summed E-state index contributed by atoms with van der Waals surface area (Å²) in [4.78, 5) is 12.1. The van der Waals surface area contributed by atoms with Crippen molar-refractivity contribution < 1.29 is 23.1 Å². The number of rotatable bonds is 5. The van der Waals surface area contributed by atoms with Crippen LogP contribution in [0.4, 0.5) is 4.39 Å². The van der Waals surface area contributed by atoms with Crippen LogP contribution in [0, 0.1) is 5.82 Å². The van der Waals surface area contributed by atoms with E-state index in [0.717, 1.165) is 11.6 Å². The maximum atomic E-state index is 13.9. The average Bonchev–Trinajstić information content (AvgIpc) is 3.12. The minimum absolute atomic E-state index is 0.126. The molecule has 0 spiro atoms. The number of nitrogens with zero attached hydrogens (tertiary/aromatic N) is 2. The number of methoxy groups -OCH3 is 1. The molecule has 25 heavy (non-hydrogen) atoms. The fourth-order valence-electron chi connectivity index (χ4n) is 2.16. The van der Waals surface area contributed by atoms with Crippen molar-refractivity contribution >= 4 is 5.97 Å². The Hall–Kier alpha value is -3.22. The summed E-state index contributed by atoms with van der Waals surface area (Å²) in [5.41, 5.74) is 0.552. The number of carbonyl (C=O) groups is 1. The molecule has 1 aromatic heterocycles. The fraction of sp³-hybridized carbons (Fsp3) is 0.167. The van der Waals surface area contributed by atoms with Crippen molar-refractivity contribution in [3.05, 3.63) is 65.8 Å². The monoisotopic (exact) mass is 342 g/mol. The van der Waals surface area contributed by atoms with Crippen molar-refractivity contribution in [2.75, 3.05) is 7.11 Å². The van der Waals surface area contributed by atoms with Gasteiger partial charge in [-0.2, -0.15) is 0 Å². The van der Waals surface area contributed by atoms with Gasteiger partial charge in [-0.05, 0) is 31.2 Å². The van der Waals surface area contributed by atoms with Crippen molar-refractivity contribution in [2.24, 2.45) is 0 Å². The Morgan fingerprint density at radius 2 is 1.92 bits per heavy atom. The molecule has 3 aromatic rings. The molecule has 0 N–H and O–H groups in total. The smallest absolute Gasteiger partial charge is 0.341 e. The number of halogens is 1. The summed E-state index contributed by atoms with van der Waals surface area (Å²) in [6, 6.07) is 13.1. The van der Waals surface area contributed by atoms with Crippen LogP contribution in [0.1, 0.15) is 29.3 Å². The molecule has 2 aromatic carbocycles. The van der Waals surface area contributed by atoms with Gasteiger partial charge < -0.3 is 13.9 Å². The lowest BCUT2D eigenvalue weighted by atomic mass is 10.2.